The summed E-state index contributed by atoms with van der Waals surface area (Å²) >= 11 is 5.50. The minimum absolute atomic E-state index is 0.471. The van der Waals surface area contributed by atoms with Crippen LogP contribution in [-0.4, -0.2) is 11.5 Å². The van der Waals surface area contributed by atoms with E-state index < -0.39 is 11.6 Å². The average molecular weight is 234 g/mol. The van der Waals surface area contributed by atoms with Crippen molar-refractivity contribution >= 4 is 24.4 Å². The van der Waals surface area contributed by atoms with Crippen LogP contribution in [0, 0.1) is 11.6 Å². The van der Waals surface area contributed by atoms with Crippen LogP contribution in [0.4, 0.5) is 8.78 Å². The standard InChI is InChI=1S/C10H12F2S2/c11-8-3-4-10(9(12)7-8)14-6-2-1-5-13/h3-4,7,13H,1-2,5-6H2. The van der Waals surface area contributed by atoms with E-state index in [1.165, 1.54) is 23.9 Å². The fourth-order valence-electron chi connectivity index (χ4n) is 0.988. The van der Waals surface area contributed by atoms with E-state index in [1.54, 1.807) is 0 Å². The summed E-state index contributed by atoms with van der Waals surface area (Å²) in [5.74, 6) is 0.707. The zero-order valence-electron chi connectivity index (χ0n) is 7.67. The Morgan fingerprint density at radius 3 is 2.64 bits per heavy atom. The SMILES string of the molecule is Fc1ccc(SCCCCS)c(F)c1. The third-order valence-electron chi connectivity index (χ3n) is 1.70. The summed E-state index contributed by atoms with van der Waals surface area (Å²) in [7, 11) is 0. The lowest BCUT2D eigenvalue weighted by Gasteiger charge is -2.02. The summed E-state index contributed by atoms with van der Waals surface area (Å²) in [6, 6.07) is 3.68. The number of thiol groups is 1. The van der Waals surface area contributed by atoms with Gasteiger partial charge in [-0.25, -0.2) is 8.78 Å². The van der Waals surface area contributed by atoms with Crippen LogP contribution in [0.3, 0.4) is 0 Å². The van der Waals surface area contributed by atoms with Crippen LogP contribution in [0.2, 0.25) is 0 Å². The lowest BCUT2D eigenvalue weighted by Crippen LogP contribution is -1.86. The number of thioether (sulfide) groups is 1. The molecule has 1 aromatic rings. The van der Waals surface area contributed by atoms with E-state index in [4.69, 9.17) is 0 Å². The summed E-state index contributed by atoms with van der Waals surface area (Å²) in [5, 5.41) is 0. The molecule has 0 aliphatic carbocycles. The molecule has 0 saturated heterocycles. The van der Waals surface area contributed by atoms with Crippen molar-refractivity contribution in [3.63, 3.8) is 0 Å². The molecule has 78 valence electrons. The fraction of sp³-hybridized carbons (Fsp3) is 0.400. The molecule has 0 N–H and O–H groups in total. The van der Waals surface area contributed by atoms with E-state index in [-0.39, 0.29) is 0 Å². The second-order valence-corrected chi connectivity index (χ2v) is 4.44. The highest BCUT2D eigenvalue weighted by atomic mass is 32.2. The number of halogens is 2. The van der Waals surface area contributed by atoms with Crippen molar-refractivity contribution in [3.8, 4) is 0 Å². The molecule has 4 heteroatoms. The maximum atomic E-state index is 13.1. The highest BCUT2D eigenvalue weighted by Gasteiger charge is 2.03. The average Bonchev–Trinajstić information content (AvgIpc) is 2.15. The van der Waals surface area contributed by atoms with Crippen LogP contribution in [0.25, 0.3) is 0 Å². The van der Waals surface area contributed by atoms with Crippen LogP contribution in [0.1, 0.15) is 12.8 Å². The van der Waals surface area contributed by atoms with Gasteiger partial charge in [0.2, 0.25) is 0 Å². The topological polar surface area (TPSA) is 0 Å². The first-order chi connectivity index (χ1) is 6.74. The Bertz CT molecular complexity index is 289. The Morgan fingerprint density at radius 1 is 1.21 bits per heavy atom. The molecule has 0 radical (unpaired) electrons. The van der Waals surface area contributed by atoms with Crippen molar-refractivity contribution < 1.29 is 8.78 Å². The molecule has 0 fully saturated rings. The van der Waals surface area contributed by atoms with Crippen molar-refractivity contribution in [2.24, 2.45) is 0 Å². The molecule has 1 rings (SSSR count). The largest absolute Gasteiger partial charge is 0.207 e. The fourth-order valence-corrected chi connectivity index (χ4v) is 2.14. The first kappa shape index (κ1) is 11.9. The van der Waals surface area contributed by atoms with Gasteiger partial charge in [0.25, 0.3) is 0 Å². The van der Waals surface area contributed by atoms with E-state index >= 15 is 0 Å². The number of hydrogen-bond acceptors (Lipinski definition) is 2. The molecule has 0 aliphatic rings. The molecule has 14 heavy (non-hydrogen) atoms. The van der Waals surface area contributed by atoms with Gasteiger partial charge in [-0.1, -0.05) is 0 Å². The minimum atomic E-state index is -0.526. The van der Waals surface area contributed by atoms with Crippen molar-refractivity contribution in [3.05, 3.63) is 29.8 Å². The smallest absolute Gasteiger partial charge is 0.139 e. The van der Waals surface area contributed by atoms with Crippen molar-refractivity contribution in [1.29, 1.82) is 0 Å². The van der Waals surface area contributed by atoms with Gasteiger partial charge >= 0.3 is 0 Å². The van der Waals surface area contributed by atoms with Gasteiger partial charge in [-0.3, -0.25) is 0 Å². The Labute approximate surface area is 92.5 Å². The molecule has 0 spiro atoms. The predicted octanol–water partition coefficient (Wildman–Crippen LogP) is 3.77. The number of hydrogen-bond donors (Lipinski definition) is 1. The van der Waals surface area contributed by atoms with Gasteiger partial charge in [-0.15, -0.1) is 11.8 Å². The lowest BCUT2D eigenvalue weighted by atomic mass is 10.3. The summed E-state index contributed by atoms with van der Waals surface area (Å²) in [5.41, 5.74) is 0. The molecule has 0 unspecified atom stereocenters. The van der Waals surface area contributed by atoms with E-state index in [9.17, 15) is 8.78 Å². The molecule has 0 heterocycles. The van der Waals surface area contributed by atoms with Gasteiger partial charge in [-0.05, 0) is 36.5 Å². The molecule has 0 saturated carbocycles. The number of rotatable bonds is 5. The third kappa shape index (κ3) is 3.88. The maximum Gasteiger partial charge on any atom is 0.139 e. The van der Waals surface area contributed by atoms with Crippen LogP contribution < -0.4 is 0 Å². The monoisotopic (exact) mass is 234 g/mol. The minimum Gasteiger partial charge on any atom is -0.207 e. The van der Waals surface area contributed by atoms with Crippen LogP contribution >= 0.6 is 24.4 Å². The van der Waals surface area contributed by atoms with Gasteiger partial charge in [0, 0.05) is 11.0 Å². The van der Waals surface area contributed by atoms with Crippen LogP contribution in [-0.2, 0) is 0 Å². The summed E-state index contributed by atoms with van der Waals surface area (Å²) in [4.78, 5) is 0.519. The van der Waals surface area contributed by atoms with Crippen molar-refractivity contribution in [1.82, 2.24) is 0 Å². The van der Waals surface area contributed by atoms with Gasteiger partial charge in [-0.2, -0.15) is 12.6 Å². The zero-order valence-corrected chi connectivity index (χ0v) is 9.38. The second-order valence-electron chi connectivity index (χ2n) is 2.85. The quantitative estimate of drug-likeness (QED) is 0.460. The molecule has 0 nitrogen and oxygen atoms in total. The molecule has 0 bridgehead atoms. The summed E-state index contributed by atoms with van der Waals surface area (Å²) in [6.45, 7) is 0. The highest BCUT2D eigenvalue weighted by Crippen LogP contribution is 2.23. The van der Waals surface area contributed by atoms with Crippen molar-refractivity contribution in [2.45, 2.75) is 17.7 Å². The van der Waals surface area contributed by atoms with E-state index in [0.29, 0.717) is 4.90 Å². The zero-order chi connectivity index (χ0) is 10.4. The Balaban J connectivity index is 2.42. The summed E-state index contributed by atoms with van der Waals surface area (Å²) < 4.78 is 25.6. The molecular formula is C10H12F2S2. The van der Waals surface area contributed by atoms with E-state index in [2.05, 4.69) is 12.6 Å². The first-order valence-corrected chi connectivity index (χ1v) is 6.04. The van der Waals surface area contributed by atoms with Gasteiger partial charge < -0.3 is 0 Å². The maximum absolute atomic E-state index is 13.1. The molecular weight excluding hydrogens is 222 g/mol. The van der Waals surface area contributed by atoms with E-state index in [1.807, 2.05) is 0 Å². The molecule has 0 atom stereocenters. The Hall–Kier alpha value is -0.220. The van der Waals surface area contributed by atoms with Gasteiger partial charge in [0.1, 0.15) is 11.6 Å². The van der Waals surface area contributed by atoms with Gasteiger partial charge in [0.15, 0.2) is 0 Å². The normalized spacial score (nSPS) is 10.5. The first-order valence-electron chi connectivity index (χ1n) is 4.43. The van der Waals surface area contributed by atoms with Crippen LogP contribution in [0.15, 0.2) is 23.1 Å². The molecule has 1 aromatic carbocycles. The number of benzene rings is 1. The third-order valence-corrected chi connectivity index (χ3v) is 3.16. The molecule has 0 amide bonds. The Kier molecular flexibility index (Phi) is 5.33. The van der Waals surface area contributed by atoms with Crippen molar-refractivity contribution in [2.75, 3.05) is 11.5 Å². The molecule has 0 aromatic heterocycles. The number of unbranched alkanes of at least 4 members (excludes halogenated alkanes) is 1. The second kappa shape index (κ2) is 6.30. The van der Waals surface area contributed by atoms with Crippen LogP contribution in [0.5, 0.6) is 0 Å². The lowest BCUT2D eigenvalue weighted by molar-refractivity contribution is 0.565. The summed E-state index contributed by atoms with van der Waals surface area (Å²) in [6.07, 6.45) is 2.03. The predicted molar refractivity (Wildman–Crippen MR) is 60.2 cm³/mol. The van der Waals surface area contributed by atoms with Gasteiger partial charge in [0.05, 0.1) is 0 Å². The highest BCUT2D eigenvalue weighted by molar-refractivity contribution is 7.99. The van der Waals surface area contributed by atoms with E-state index in [0.717, 1.165) is 30.4 Å². The Morgan fingerprint density at radius 2 is 2.00 bits per heavy atom. The molecule has 0 aliphatic heterocycles.